The van der Waals surface area contributed by atoms with Gasteiger partial charge in [-0.25, -0.2) is 0 Å². The number of carbonyl (C=O) groups excluding carboxylic acids is 3. The van der Waals surface area contributed by atoms with E-state index in [9.17, 15) is 14.4 Å². The topological polar surface area (TPSA) is 78.9 Å². The molecule has 1 atom stereocenters. The predicted molar refractivity (Wildman–Crippen MR) is 261 cm³/mol. The summed E-state index contributed by atoms with van der Waals surface area (Å²) in [5.74, 6) is 0.831. The van der Waals surface area contributed by atoms with Gasteiger partial charge in [0.15, 0.2) is 6.10 Å². The first-order chi connectivity index (χ1) is 29.7. The van der Waals surface area contributed by atoms with Crippen LogP contribution in [-0.4, -0.2) is 37.2 Å². The van der Waals surface area contributed by atoms with Gasteiger partial charge in [0.1, 0.15) is 13.2 Å². The number of ether oxygens (including phenoxy) is 3. The molecule has 0 aliphatic carbocycles. The Morgan fingerprint density at radius 3 is 0.803 bits per heavy atom. The van der Waals surface area contributed by atoms with Crippen LogP contribution < -0.4 is 0 Å². The maximum Gasteiger partial charge on any atom is 0.306 e. The Labute approximate surface area is 380 Å². The van der Waals surface area contributed by atoms with Crippen LogP contribution in [0.4, 0.5) is 0 Å². The fourth-order valence-corrected chi connectivity index (χ4v) is 8.34. The third kappa shape index (κ3) is 49.3. The number of rotatable bonds is 49. The van der Waals surface area contributed by atoms with Crippen molar-refractivity contribution in [3.63, 3.8) is 0 Å². The van der Waals surface area contributed by atoms with E-state index in [0.717, 1.165) is 69.6 Å². The Balaban J connectivity index is 4.26. The molecule has 6 heteroatoms. The average Bonchev–Trinajstić information content (AvgIpc) is 3.23. The van der Waals surface area contributed by atoms with Crippen molar-refractivity contribution in [1.82, 2.24) is 0 Å². The van der Waals surface area contributed by atoms with Crippen LogP contribution in [0.25, 0.3) is 0 Å². The van der Waals surface area contributed by atoms with Crippen molar-refractivity contribution < 1.29 is 28.6 Å². The highest BCUT2D eigenvalue weighted by molar-refractivity contribution is 5.71. The number of unbranched alkanes of at least 4 members (excludes halogenated alkanes) is 34. The Morgan fingerprint density at radius 2 is 0.541 bits per heavy atom. The van der Waals surface area contributed by atoms with Crippen LogP contribution in [0, 0.1) is 11.8 Å². The maximum absolute atomic E-state index is 12.8. The molecule has 362 valence electrons. The summed E-state index contributed by atoms with van der Waals surface area (Å²) in [4.78, 5) is 38.0. The summed E-state index contributed by atoms with van der Waals surface area (Å²) in [5, 5.41) is 0. The van der Waals surface area contributed by atoms with Crippen LogP contribution in [0.5, 0.6) is 0 Å². The lowest BCUT2D eigenvalue weighted by Gasteiger charge is -2.18. The van der Waals surface area contributed by atoms with Gasteiger partial charge in [0.25, 0.3) is 0 Å². The maximum atomic E-state index is 12.8. The lowest BCUT2D eigenvalue weighted by molar-refractivity contribution is -0.167. The number of hydrogen-bond acceptors (Lipinski definition) is 6. The van der Waals surface area contributed by atoms with Crippen molar-refractivity contribution in [2.45, 2.75) is 310 Å². The van der Waals surface area contributed by atoms with Crippen molar-refractivity contribution in [3.8, 4) is 0 Å². The average molecular weight is 863 g/mol. The summed E-state index contributed by atoms with van der Waals surface area (Å²) in [5.41, 5.74) is 0. The molecule has 0 amide bonds. The first-order valence-corrected chi connectivity index (χ1v) is 27.2. The van der Waals surface area contributed by atoms with Crippen molar-refractivity contribution in [2.75, 3.05) is 13.2 Å². The molecule has 0 unspecified atom stereocenters. The lowest BCUT2D eigenvalue weighted by atomic mass is 10.0. The fourth-order valence-electron chi connectivity index (χ4n) is 8.34. The third-order valence-corrected chi connectivity index (χ3v) is 12.5. The summed E-state index contributed by atoms with van der Waals surface area (Å²) in [6, 6.07) is 0. The number of esters is 3. The van der Waals surface area contributed by atoms with Gasteiger partial charge in [0.05, 0.1) is 0 Å². The van der Waals surface area contributed by atoms with E-state index in [1.807, 2.05) is 0 Å². The largest absolute Gasteiger partial charge is 0.462 e. The molecule has 0 saturated heterocycles. The molecule has 0 radical (unpaired) electrons. The van der Waals surface area contributed by atoms with Gasteiger partial charge in [0.2, 0.25) is 0 Å². The zero-order valence-electron chi connectivity index (χ0n) is 41.8. The second-order valence-electron chi connectivity index (χ2n) is 19.8. The molecule has 0 rings (SSSR count). The highest BCUT2D eigenvalue weighted by Crippen LogP contribution is 2.18. The minimum atomic E-state index is -0.761. The van der Waals surface area contributed by atoms with Crippen LogP contribution in [0.3, 0.4) is 0 Å². The van der Waals surface area contributed by atoms with Gasteiger partial charge in [-0.05, 0) is 31.1 Å². The van der Waals surface area contributed by atoms with Crippen LogP contribution in [0.2, 0.25) is 0 Å². The Morgan fingerprint density at radius 1 is 0.311 bits per heavy atom. The predicted octanol–water partition coefficient (Wildman–Crippen LogP) is 17.7. The van der Waals surface area contributed by atoms with Gasteiger partial charge in [0, 0.05) is 19.3 Å². The molecule has 0 saturated carbocycles. The number of hydrogen-bond donors (Lipinski definition) is 0. The number of carbonyl (C=O) groups is 3. The summed E-state index contributed by atoms with van der Waals surface area (Å²) < 4.78 is 16.8. The SMILES string of the molecule is CCCCCCCCCCCCCC(=O)O[C@H](COC(=O)CCCCCCCCCCCCCCCCCC(C)C)COC(=O)CCCCCCCCCCCCCC(C)C. The molecule has 0 bridgehead atoms. The van der Waals surface area contributed by atoms with Crippen molar-refractivity contribution >= 4 is 17.9 Å². The second kappa shape index (κ2) is 47.9. The molecule has 0 aromatic heterocycles. The van der Waals surface area contributed by atoms with Gasteiger partial charge in [-0.2, -0.15) is 0 Å². The van der Waals surface area contributed by atoms with E-state index in [1.165, 1.54) is 193 Å². The zero-order valence-corrected chi connectivity index (χ0v) is 41.8. The first kappa shape index (κ1) is 59.4. The molecule has 0 N–H and O–H groups in total. The second-order valence-corrected chi connectivity index (χ2v) is 19.8. The van der Waals surface area contributed by atoms with E-state index in [2.05, 4.69) is 34.6 Å². The van der Waals surface area contributed by atoms with Crippen LogP contribution >= 0.6 is 0 Å². The molecular weight excluding hydrogens is 757 g/mol. The molecule has 0 aliphatic heterocycles. The summed E-state index contributed by atoms with van der Waals surface area (Å²) >= 11 is 0. The zero-order chi connectivity index (χ0) is 44.7. The van der Waals surface area contributed by atoms with Crippen molar-refractivity contribution in [1.29, 1.82) is 0 Å². The van der Waals surface area contributed by atoms with E-state index in [0.29, 0.717) is 19.3 Å². The lowest BCUT2D eigenvalue weighted by Crippen LogP contribution is -2.30. The van der Waals surface area contributed by atoms with E-state index in [1.54, 1.807) is 0 Å². The van der Waals surface area contributed by atoms with Crippen LogP contribution in [0.1, 0.15) is 304 Å². The Hall–Kier alpha value is -1.59. The molecule has 0 aromatic carbocycles. The van der Waals surface area contributed by atoms with Crippen molar-refractivity contribution in [3.05, 3.63) is 0 Å². The van der Waals surface area contributed by atoms with Crippen molar-refractivity contribution in [2.24, 2.45) is 11.8 Å². The fraction of sp³-hybridized carbons (Fsp3) is 0.945. The van der Waals surface area contributed by atoms with E-state index in [-0.39, 0.29) is 31.1 Å². The van der Waals surface area contributed by atoms with E-state index >= 15 is 0 Å². The van der Waals surface area contributed by atoms with Crippen LogP contribution in [-0.2, 0) is 28.6 Å². The van der Waals surface area contributed by atoms with Gasteiger partial charge < -0.3 is 14.2 Å². The monoisotopic (exact) mass is 863 g/mol. The normalized spacial score (nSPS) is 12.0. The van der Waals surface area contributed by atoms with Gasteiger partial charge in [-0.3, -0.25) is 14.4 Å². The molecule has 0 fully saturated rings. The molecule has 61 heavy (non-hydrogen) atoms. The molecule has 0 spiro atoms. The van der Waals surface area contributed by atoms with E-state index in [4.69, 9.17) is 14.2 Å². The summed E-state index contributed by atoms with van der Waals surface area (Å²) in [6.45, 7) is 11.4. The van der Waals surface area contributed by atoms with Gasteiger partial charge in [-0.1, -0.05) is 266 Å². The van der Waals surface area contributed by atoms with Gasteiger partial charge >= 0.3 is 17.9 Å². The third-order valence-electron chi connectivity index (χ3n) is 12.5. The minimum Gasteiger partial charge on any atom is -0.462 e. The Kier molecular flexibility index (Phi) is 46.6. The molecule has 0 heterocycles. The standard InChI is InChI=1S/C55H106O6/c1-6-7-8-9-10-11-18-27-32-37-42-47-55(58)61-52(49-60-54(57)46-41-36-31-26-22-17-20-24-29-34-39-44-51(4)5)48-59-53(56)45-40-35-30-25-21-16-14-12-13-15-19-23-28-33-38-43-50(2)3/h50-52H,6-49H2,1-5H3/t52-/m1/s1. The van der Waals surface area contributed by atoms with Gasteiger partial charge in [-0.15, -0.1) is 0 Å². The van der Waals surface area contributed by atoms with E-state index < -0.39 is 6.10 Å². The summed E-state index contributed by atoms with van der Waals surface area (Å²) in [6.07, 6.45) is 49.5. The molecular formula is C55H106O6. The van der Waals surface area contributed by atoms with Crippen LogP contribution in [0.15, 0.2) is 0 Å². The summed E-state index contributed by atoms with van der Waals surface area (Å²) in [7, 11) is 0. The minimum absolute atomic E-state index is 0.0631. The smallest absolute Gasteiger partial charge is 0.306 e. The molecule has 0 aromatic rings. The quantitative estimate of drug-likeness (QED) is 0.0344. The molecule has 6 nitrogen and oxygen atoms in total. The Bertz CT molecular complexity index is 931. The highest BCUT2D eigenvalue weighted by atomic mass is 16.6. The first-order valence-electron chi connectivity index (χ1n) is 27.2. The highest BCUT2D eigenvalue weighted by Gasteiger charge is 2.19. The molecule has 0 aliphatic rings.